The Morgan fingerprint density at radius 1 is 0.938 bits per heavy atom. The fourth-order valence-corrected chi connectivity index (χ4v) is 3.56. The first-order chi connectivity index (χ1) is 15.3. The lowest BCUT2D eigenvalue weighted by atomic mass is 10.0. The zero-order valence-electron chi connectivity index (χ0n) is 17.3. The molecule has 0 spiro atoms. The van der Waals surface area contributed by atoms with Gasteiger partial charge in [-0.1, -0.05) is 36.4 Å². The lowest BCUT2D eigenvalue weighted by molar-refractivity contribution is -0.137. The SMILES string of the molecule is COC(=O)c1ccc(C2=c3ccccc3=C(Nc3cc(C)cc(C(F)(F)F)c3)NN2)cc1. The zero-order chi connectivity index (χ0) is 22.9. The summed E-state index contributed by atoms with van der Waals surface area (Å²) in [5.74, 6) is 0.0992. The molecule has 0 atom stereocenters. The number of fused-ring (bicyclic) bond motifs is 1. The van der Waals surface area contributed by atoms with E-state index in [1.807, 2.05) is 24.3 Å². The molecule has 0 fully saturated rings. The van der Waals surface area contributed by atoms with Crippen LogP contribution in [-0.4, -0.2) is 13.1 Å². The second-order valence-corrected chi connectivity index (χ2v) is 7.32. The summed E-state index contributed by atoms with van der Waals surface area (Å²) in [6.07, 6.45) is -4.43. The Kier molecular flexibility index (Phi) is 5.52. The average Bonchev–Trinajstić information content (AvgIpc) is 2.78. The van der Waals surface area contributed by atoms with E-state index in [1.54, 1.807) is 37.3 Å². The Labute approximate surface area is 182 Å². The summed E-state index contributed by atoms with van der Waals surface area (Å²) in [6, 6.07) is 18.3. The highest BCUT2D eigenvalue weighted by atomic mass is 19.4. The second-order valence-electron chi connectivity index (χ2n) is 7.32. The summed E-state index contributed by atoms with van der Waals surface area (Å²) >= 11 is 0. The molecule has 3 aromatic rings. The molecular weight excluding hydrogens is 419 g/mol. The third-order valence-electron chi connectivity index (χ3n) is 5.05. The first-order valence-electron chi connectivity index (χ1n) is 9.76. The molecule has 3 aromatic carbocycles. The third kappa shape index (κ3) is 4.25. The average molecular weight is 439 g/mol. The van der Waals surface area contributed by atoms with Crippen LogP contribution in [0.4, 0.5) is 18.9 Å². The van der Waals surface area contributed by atoms with Crippen LogP contribution < -0.4 is 26.6 Å². The number of hydrogen-bond acceptors (Lipinski definition) is 5. The number of alkyl halides is 3. The van der Waals surface area contributed by atoms with E-state index in [0.717, 1.165) is 33.8 Å². The highest BCUT2D eigenvalue weighted by Crippen LogP contribution is 2.32. The lowest BCUT2D eigenvalue weighted by Crippen LogP contribution is -2.49. The van der Waals surface area contributed by atoms with Crippen LogP contribution >= 0.6 is 0 Å². The van der Waals surface area contributed by atoms with Crippen LogP contribution in [0.25, 0.3) is 11.5 Å². The van der Waals surface area contributed by atoms with Gasteiger partial charge in [-0.05, 0) is 42.8 Å². The van der Waals surface area contributed by atoms with E-state index in [-0.39, 0.29) is 0 Å². The van der Waals surface area contributed by atoms with Crippen LogP contribution in [0.1, 0.15) is 27.0 Å². The fourth-order valence-electron chi connectivity index (χ4n) is 3.56. The lowest BCUT2D eigenvalue weighted by Gasteiger charge is -2.23. The van der Waals surface area contributed by atoms with Crippen molar-refractivity contribution in [2.45, 2.75) is 13.1 Å². The first kappa shape index (κ1) is 21.3. The maximum Gasteiger partial charge on any atom is 0.416 e. The molecule has 1 aliphatic heterocycles. The van der Waals surface area contributed by atoms with Gasteiger partial charge in [0.2, 0.25) is 0 Å². The summed E-state index contributed by atoms with van der Waals surface area (Å²) in [5, 5.41) is 4.70. The minimum Gasteiger partial charge on any atom is -0.465 e. The van der Waals surface area contributed by atoms with Crippen LogP contribution in [0.3, 0.4) is 0 Å². The number of hydrazine groups is 1. The number of methoxy groups -OCH3 is 1. The van der Waals surface area contributed by atoms with E-state index in [2.05, 4.69) is 16.2 Å². The van der Waals surface area contributed by atoms with Crippen molar-refractivity contribution in [3.8, 4) is 0 Å². The minimum absolute atomic E-state index is 0.322. The Balaban J connectivity index is 1.79. The zero-order valence-corrected chi connectivity index (χ0v) is 17.3. The molecule has 0 radical (unpaired) electrons. The van der Waals surface area contributed by atoms with Gasteiger partial charge < -0.3 is 10.1 Å². The predicted octanol–water partition coefficient (Wildman–Crippen LogP) is 3.24. The summed E-state index contributed by atoms with van der Waals surface area (Å²) in [5.41, 5.74) is 8.29. The molecule has 8 heteroatoms. The largest absolute Gasteiger partial charge is 0.465 e. The molecule has 0 aromatic heterocycles. The molecule has 0 saturated carbocycles. The van der Waals surface area contributed by atoms with Crippen LogP contribution in [0, 0.1) is 6.92 Å². The number of aryl methyl sites for hydroxylation is 1. The highest BCUT2D eigenvalue weighted by Gasteiger charge is 2.31. The fraction of sp³-hybridized carbons (Fsp3) is 0.125. The van der Waals surface area contributed by atoms with Gasteiger partial charge in [-0.15, -0.1) is 0 Å². The summed E-state index contributed by atoms with van der Waals surface area (Å²) in [7, 11) is 1.32. The van der Waals surface area contributed by atoms with Gasteiger partial charge in [-0.2, -0.15) is 13.2 Å². The van der Waals surface area contributed by atoms with Crippen molar-refractivity contribution in [1.29, 1.82) is 0 Å². The first-order valence-corrected chi connectivity index (χ1v) is 9.76. The number of nitrogens with one attached hydrogen (secondary N) is 3. The molecule has 32 heavy (non-hydrogen) atoms. The Hall–Kier alpha value is -3.94. The summed E-state index contributed by atoms with van der Waals surface area (Å²) < 4.78 is 44.4. The minimum atomic E-state index is -4.43. The third-order valence-corrected chi connectivity index (χ3v) is 5.05. The van der Waals surface area contributed by atoms with Gasteiger partial charge >= 0.3 is 12.1 Å². The van der Waals surface area contributed by atoms with Gasteiger partial charge in [0.15, 0.2) is 0 Å². The van der Waals surface area contributed by atoms with Crippen molar-refractivity contribution >= 4 is 23.2 Å². The van der Waals surface area contributed by atoms with E-state index in [4.69, 9.17) is 4.74 Å². The van der Waals surface area contributed by atoms with Crippen LogP contribution in [-0.2, 0) is 10.9 Å². The smallest absolute Gasteiger partial charge is 0.416 e. The van der Waals surface area contributed by atoms with Gasteiger partial charge in [0.05, 0.1) is 23.9 Å². The molecule has 0 aliphatic carbocycles. The quantitative estimate of drug-likeness (QED) is 0.545. The molecule has 3 N–H and O–H groups in total. The van der Waals surface area contributed by atoms with Crippen molar-refractivity contribution in [3.05, 3.63) is 99.4 Å². The number of ether oxygens (including phenoxy) is 1. The number of carbonyl (C=O) groups excluding carboxylic acids is 1. The highest BCUT2D eigenvalue weighted by molar-refractivity contribution is 5.89. The predicted molar refractivity (Wildman–Crippen MR) is 115 cm³/mol. The van der Waals surface area contributed by atoms with Crippen LogP contribution in [0.5, 0.6) is 0 Å². The van der Waals surface area contributed by atoms with Crippen LogP contribution in [0.2, 0.25) is 0 Å². The summed E-state index contributed by atoms with van der Waals surface area (Å²) in [4.78, 5) is 11.7. The maximum atomic E-state index is 13.2. The molecule has 4 rings (SSSR count). The number of anilines is 1. The molecule has 0 saturated heterocycles. The second kappa shape index (κ2) is 8.30. The molecule has 0 amide bonds. The number of esters is 1. The summed E-state index contributed by atoms with van der Waals surface area (Å²) in [6.45, 7) is 1.62. The van der Waals surface area contributed by atoms with E-state index in [1.165, 1.54) is 7.11 Å². The van der Waals surface area contributed by atoms with E-state index in [9.17, 15) is 18.0 Å². The van der Waals surface area contributed by atoms with Crippen molar-refractivity contribution in [1.82, 2.24) is 10.9 Å². The van der Waals surface area contributed by atoms with Crippen molar-refractivity contribution in [2.75, 3.05) is 12.4 Å². The molecule has 164 valence electrons. The van der Waals surface area contributed by atoms with Gasteiger partial charge in [-0.3, -0.25) is 10.9 Å². The Morgan fingerprint density at radius 3 is 2.28 bits per heavy atom. The number of carbonyl (C=O) groups is 1. The normalized spacial score (nSPS) is 13.0. The van der Waals surface area contributed by atoms with E-state index < -0.39 is 17.7 Å². The number of hydrogen-bond donors (Lipinski definition) is 3. The maximum absolute atomic E-state index is 13.2. The van der Waals surface area contributed by atoms with E-state index in [0.29, 0.717) is 22.6 Å². The van der Waals surface area contributed by atoms with Gasteiger partial charge in [-0.25, -0.2) is 4.79 Å². The van der Waals surface area contributed by atoms with E-state index >= 15 is 0 Å². The molecule has 1 heterocycles. The van der Waals surface area contributed by atoms with Gasteiger partial charge in [0.1, 0.15) is 5.82 Å². The molecule has 1 aliphatic rings. The number of halogens is 3. The number of benzene rings is 3. The molecule has 0 unspecified atom stereocenters. The topological polar surface area (TPSA) is 62.4 Å². The van der Waals surface area contributed by atoms with Crippen molar-refractivity contribution in [2.24, 2.45) is 0 Å². The monoisotopic (exact) mass is 439 g/mol. The van der Waals surface area contributed by atoms with Gasteiger partial charge in [0.25, 0.3) is 0 Å². The van der Waals surface area contributed by atoms with Gasteiger partial charge in [0, 0.05) is 21.7 Å². The molecule has 0 bridgehead atoms. The van der Waals surface area contributed by atoms with Crippen molar-refractivity contribution in [3.63, 3.8) is 0 Å². The number of rotatable bonds is 4. The Morgan fingerprint density at radius 2 is 1.62 bits per heavy atom. The molecule has 5 nitrogen and oxygen atoms in total. The molecular formula is C24H20F3N3O2. The van der Waals surface area contributed by atoms with Crippen LogP contribution in [0.15, 0.2) is 66.7 Å². The van der Waals surface area contributed by atoms with Crippen molar-refractivity contribution < 1.29 is 22.7 Å². The Bertz CT molecular complexity index is 1300. The standard InChI is InChI=1S/C24H20F3N3O2/c1-14-11-17(24(25,26)27)13-18(12-14)28-22-20-6-4-3-5-19(20)21(29-30-22)15-7-9-16(10-8-15)23(31)32-2/h3-13,28-30H,1-2H3.